The molecule has 22 heavy (non-hydrogen) atoms. The lowest BCUT2D eigenvalue weighted by Gasteiger charge is -2.32. The van der Waals surface area contributed by atoms with E-state index in [9.17, 15) is 14.4 Å². The van der Waals surface area contributed by atoms with E-state index in [1.165, 1.54) is 13.4 Å². The summed E-state index contributed by atoms with van der Waals surface area (Å²) in [7, 11) is 1.31. The molecule has 2 rings (SSSR count). The molecule has 2 amide bonds. The van der Waals surface area contributed by atoms with Gasteiger partial charge in [0.1, 0.15) is 0 Å². The number of rotatable bonds is 5. The summed E-state index contributed by atoms with van der Waals surface area (Å²) in [5, 5.41) is 2.90. The molecule has 1 aliphatic heterocycles. The van der Waals surface area contributed by atoms with Crippen LogP contribution in [0, 0.1) is 0 Å². The Bertz CT molecular complexity index is 518. The van der Waals surface area contributed by atoms with E-state index in [-0.39, 0.29) is 42.4 Å². The predicted molar refractivity (Wildman–Crippen MR) is 77.0 cm³/mol. The standard InChI is InChI=1S/C15H20N2O5/c1-21-14(19)5-4-13(18)17-8-6-11(7-9-17)16-15(20)12-3-2-10-22-12/h2-3,10-11H,4-9H2,1H3,(H,16,20). The lowest BCUT2D eigenvalue weighted by Crippen LogP contribution is -2.46. The van der Waals surface area contributed by atoms with E-state index in [1.54, 1.807) is 17.0 Å². The number of amides is 2. The van der Waals surface area contributed by atoms with Crippen molar-refractivity contribution in [2.45, 2.75) is 31.7 Å². The highest BCUT2D eigenvalue weighted by Crippen LogP contribution is 2.13. The largest absolute Gasteiger partial charge is 0.469 e. The van der Waals surface area contributed by atoms with E-state index in [0.29, 0.717) is 25.9 Å². The minimum Gasteiger partial charge on any atom is -0.469 e. The molecule has 1 aromatic rings. The number of likely N-dealkylation sites (tertiary alicyclic amines) is 1. The van der Waals surface area contributed by atoms with Crippen molar-refractivity contribution in [2.24, 2.45) is 0 Å². The van der Waals surface area contributed by atoms with Gasteiger partial charge in [-0.15, -0.1) is 0 Å². The van der Waals surface area contributed by atoms with Gasteiger partial charge in [0.15, 0.2) is 5.76 Å². The number of nitrogens with zero attached hydrogens (tertiary/aromatic N) is 1. The monoisotopic (exact) mass is 308 g/mol. The third kappa shape index (κ3) is 4.34. The molecule has 0 aromatic carbocycles. The number of nitrogens with one attached hydrogen (secondary N) is 1. The summed E-state index contributed by atoms with van der Waals surface area (Å²) < 4.78 is 9.56. The Morgan fingerprint density at radius 3 is 2.64 bits per heavy atom. The first kappa shape index (κ1) is 16.1. The SMILES string of the molecule is COC(=O)CCC(=O)N1CCC(NC(=O)c2ccco2)CC1. The maximum Gasteiger partial charge on any atom is 0.306 e. The van der Waals surface area contributed by atoms with Crippen LogP contribution in [0.1, 0.15) is 36.2 Å². The summed E-state index contributed by atoms with van der Waals surface area (Å²) in [6.07, 6.45) is 3.10. The van der Waals surface area contributed by atoms with Gasteiger partial charge in [0.05, 0.1) is 19.8 Å². The maximum atomic E-state index is 11.9. The Kier molecular flexibility index (Phi) is 5.57. The molecule has 0 radical (unpaired) electrons. The minimum absolute atomic E-state index is 0.0299. The second kappa shape index (κ2) is 7.63. The average molecular weight is 308 g/mol. The molecule has 0 saturated carbocycles. The van der Waals surface area contributed by atoms with Gasteiger partial charge in [0.25, 0.3) is 5.91 Å². The van der Waals surface area contributed by atoms with Crippen LogP contribution in [0.4, 0.5) is 0 Å². The molecule has 7 heteroatoms. The zero-order valence-corrected chi connectivity index (χ0v) is 12.5. The zero-order chi connectivity index (χ0) is 15.9. The fourth-order valence-corrected chi connectivity index (χ4v) is 2.41. The first-order chi connectivity index (χ1) is 10.6. The molecule has 2 heterocycles. The first-order valence-electron chi connectivity index (χ1n) is 7.29. The number of ether oxygens (including phenoxy) is 1. The summed E-state index contributed by atoms with van der Waals surface area (Å²) in [6.45, 7) is 1.15. The van der Waals surface area contributed by atoms with Gasteiger partial charge in [-0.2, -0.15) is 0 Å². The molecule has 1 saturated heterocycles. The third-order valence-electron chi connectivity index (χ3n) is 3.70. The van der Waals surface area contributed by atoms with Crippen molar-refractivity contribution in [3.8, 4) is 0 Å². The first-order valence-corrected chi connectivity index (χ1v) is 7.29. The van der Waals surface area contributed by atoms with Gasteiger partial charge < -0.3 is 19.4 Å². The highest BCUT2D eigenvalue weighted by Gasteiger charge is 2.24. The van der Waals surface area contributed by atoms with Crippen LogP contribution in [0.15, 0.2) is 22.8 Å². The van der Waals surface area contributed by atoms with Gasteiger partial charge >= 0.3 is 5.97 Å². The van der Waals surface area contributed by atoms with E-state index in [2.05, 4.69) is 10.1 Å². The average Bonchev–Trinajstić information content (AvgIpc) is 3.07. The van der Waals surface area contributed by atoms with E-state index in [0.717, 1.165) is 0 Å². The van der Waals surface area contributed by atoms with E-state index < -0.39 is 0 Å². The third-order valence-corrected chi connectivity index (χ3v) is 3.70. The summed E-state index contributed by atoms with van der Waals surface area (Å²) in [5.41, 5.74) is 0. The number of carbonyl (C=O) groups excluding carboxylic acids is 3. The van der Waals surface area contributed by atoms with Crippen molar-refractivity contribution in [3.05, 3.63) is 24.2 Å². The predicted octanol–water partition coefficient (Wildman–Crippen LogP) is 0.954. The number of furan rings is 1. The molecule has 0 atom stereocenters. The van der Waals surface area contributed by atoms with Gasteiger partial charge in [-0.1, -0.05) is 0 Å². The van der Waals surface area contributed by atoms with Crippen molar-refractivity contribution in [1.29, 1.82) is 0 Å². The topological polar surface area (TPSA) is 88.9 Å². The summed E-state index contributed by atoms with van der Waals surface area (Å²) in [4.78, 5) is 36.6. The number of methoxy groups -OCH3 is 1. The van der Waals surface area contributed by atoms with Crippen molar-refractivity contribution in [3.63, 3.8) is 0 Å². The molecule has 1 aliphatic rings. The molecule has 1 fully saturated rings. The van der Waals surface area contributed by atoms with Crippen molar-refractivity contribution in [2.75, 3.05) is 20.2 Å². The Balaban J connectivity index is 1.72. The van der Waals surface area contributed by atoms with Crippen LogP contribution in [0.5, 0.6) is 0 Å². The molecule has 1 aromatic heterocycles. The van der Waals surface area contributed by atoms with Crippen LogP contribution < -0.4 is 5.32 Å². The quantitative estimate of drug-likeness (QED) is 0.818. The highest BCUT2D eigenvalue weighted by atomic mass is 16.5. The Labute approximate surface area is 128 Å². The number of piperidine rings is 1. The normalized spacial score (nSPS) is 15.4. The zero-order valence-electron chi connectivity index (χ0n) is 12.5. The van der Waals surface area contributed by atoms with Crippen molar-refractivity contribution < 1.29 is 23.5 Å². The molecule has 120 valence electrons. The molecule has 7 nitrogen and oxygen atoms in total. The smallest absolute Gasteiger partial charge is 0.306 e. The van der Waals surface area contributed by atoms with Crippen molar-refractivity contribution >= 4 is 17.8 Å². The number of hydrogen-bond donors (Lipinski definition) is 1. The van der Waals surface area contributed by atoms with Crippen LogP contribution in [0.2, 0.25) is 0 Å². The summed E-state index contributed by atoms with van der Waals surface area (Å²) in [6, 6.07) is 3.31. The maximum absolute atomic E-state index is 11.9. The van der Waals surface area contributed by atoms with E-state index in [4.69, 9.17) is 4.42 Å². The summed E-state index contributed by atoms with van der Waals surface area (Å²) in [5.74, 6) is -0.382. The Morgan fingerprint density at radius 2 is 2.05 bits per heavy atom. The molecule has 0 spiro atoms. The molecule has 0 aliphatic carbocycles. The molecular formula is C15H20N2O5. The van der Waals surface area contributed by atoms with Gasteiger partial charge in [0.2, 0.25) is 5.91 Å². The minimum atomic E-state index is -0.381. The number of hydrogen-bond acceptors (Lipinski definition) is 5. The van der Waals surface area contributed by atoms with Crippen molar-refractivity contribution in [1.82, 2.24) is 10.2 Å². The van der Waals surface area contributed by atoms with Gasteiger partial charge in [0, 0.05) is 25.6 Å². The van der Waals surface area contributed by atoms with Crippen LogP contribution in [-0.2, 0) is 14.3 Å². The highest BCUT2D eigenvalue weighted by molar-refractivity contribution is 5.91. The lowest BCUT2D eigenvalue weighted by atomic mass is 10.0. The Hall–Kier alpha value is -2.31. The van der Waals surface area contributed by atoms with Gasteiger partial charge in [-0.25, -0.2) is 0 Å². The second-order valence-corrected chi connectivity index (χ2v) is 5.18. The fourth-order valence-electron chi connectivity index (χ4n) is 2.41. The number of esters is 1. The lowest BCUT2D eigenvalue weighted by molar-refractivity contribution is -0.143. The second-order valence-electron chi connectivity index (χ2n) is 5.18. The summed E-state index contributed by atoms with van der Waals surface area (Å²) >= 11 is 0. The van der Waals surface area contributed by atoms with E-state index in [1.807, 2.05) is 0 Å². The molecule has 0 unspecified atom stereocenters. The van der Waals surface area contributed by atoms with Crippen LogP contribution in [-0.4, -0.2) is 48.9 Å². The van der Waals surface area contributed by atoms with Gasteiger partial charge in [-0.3, -0.25) is 14.4 Å². The van der Waals surface area contributed by atoms with Crippen LogP contribution in [0.25, 0.3) is 0 Å². The van der Waals surface area contributed by atoms with Gasteiger partial charge in [-0.05, 0) is 25.0 Å². The van der Waals surface area contributed by atoms with Crippen LogP contribution in [0.3, 0.4) is 0 Å². The van der Waals surface area contributed by atoms with Crippen LogP contribution >= 0.6 is 0 Å². The number of carbonyl (C=O) groups is 3. The molecule has 0 bridgehead atoms. The van der Waals surface area contributed by atoms with E-state index >= 15 is 0 Å². The Morgan fingerprint density at radius 1 is 1.32 bits per heavy atom. The fraction of sp³-hybridized carbons (Fsp3) is 0.533. The molecular weight excluding hydrogens is 288 g/mol. The molecule has 1 N–H and O–H groups in total.